The summed E-state index contributed by atoms with van der Waals surface area (Å²) in [6, 6.07) is 18.0. The van der Waals surface area contributed by atoms with Crippen LogP contribution in [0.15, 0.2) is 60.7 Å². The number of ether oxygens (including phenoxy) is 1. The number of esters is 1. The Hall–Kier alpha value is -2.73. The summed E-state index contributed by atoms with van der Waals surface area (Å²) < 4.78 is 5.36. The van der Waals surface area contributed by atoms with Gasteiger partial charge in [0.25, 0.3) is 0 Å². The molecule has 0 saturated carbocycles. The van der Waals surface area contributed by atoms with Crippen LogP contribution in [0.3, 0.4) is 0 Å². The number of carbonyl (C=O) groups is 2. The molecule has 1 fully saturated rings. The van der Waals surface area contributed by atoms with Crippen molar-refractivity contribution in [3.63, 3.8) is 0 Å². The monoisotopic (exact) mass is 354 g/mol. The van der Waals surface area contributed by atoms with E-state index in [0.717, 1.165) is 5.56 Å². The largest absolute Gasteiger partial charge is 0.459 e. The fourth-order valence-corrected chi connectivity index (χ4v) is 2.97. The van der Waals surface area contributed by atoms with E-state index in [1.165, 1.54) is 4.90 Å². The van der Waals surface area contributed by atoms with Gasteiger partial charge in [0.05, 0.1) is 5.69 Å². The smallest absolute Gasteiger partial charge is 0.328 e. The second kappa shape index (κ2) is 7.90. The first-order valence-corrected chi connectivity index (χ1v) is 8.45. The Bertz CT molecular complexity index is 765. The molecule has 0 aliphatic carbocycles. The summed E-state index contributed by atoms with van der Waals surface area (Å²) in [5, 5.41) is 3.17. The third-order valence-corrected chi connectivity index (χ3v) is 4.22. The number of para-hydroxylation sites is 1. The van der Waals surface area contributed by atoms with Gasteiger partial charge in [-0.3, -0.25) is 9.69 Å². The highest BCUT2D eigenvalue weighted by Gasteiger charge is 2.31. The predicted octanol–water partition coefficient (Wildman–Crippen LogP) is 2.80. The first kappa shape index (κ1) is 17.1. The van der Waals surface area contributed by atoms with Gasteiger partial charge in [-0.1, -0.05) is 48.5 Å². The number of hydrogen-bond acceptors (Lipinski definition) is 4. The van der Waals surface area contributed by atoms with Crippen molar-refractivity contribution in [3.8, 4) is 0 Å². The summed E-state index contributed by atoms with van der Waals surface area (Å²) in [5.41, 5.74) is 1.59. The van der Waals surface area contributed by atoms with Crippen molar-refractivity contribution in [1.82, 2.24) is 5.32 Å². The molecule has 1 aliphatic rings. The molecule has 0 aromatic heterocycles. The van der Waals surface area contributed by atoms with Crippen molar-refractivity contribution in [3.05, 3.63) is 66.2 Å². The first-order valence-electron chi connectivity index (χ1n) is 8.04. The van der Waals surface area contributed by atoms with E-state index in [-0.39, 0.29) is 24.0 Å². The van der Waals surface area contributed by atoms with E-state index in [0.29, 0.717) is 12.1 Å². The number of nitrogens with zero attached hydrogens (tertiary/aromatic N) is 1. The van der Waals surface area contributed by atoms with E-state index >= 15 is 0 Å². The highest BCUT2D eigenvalue weighted by molar-refractivity contribution is 7.80. The number of benzene rings is 2. The van der Waals surface area contributed by atoms with Gasteiger partial charge in [0.15, 0.2) is 5.11 Å². The Balaban J connectivity index is 1.66. The fraction of sp³-hybridized carbons (Fsp3) is 0.211. The maximum atomic E-state index is 12.4. The molecule has 1 atom stereocenters. The molecule has 1 unspecified atom stereocenters. The zero-order chi connectivity index (χ0) is 17.6. The van der Waals surface area contributed by atoms with Gasteiger partial charge in [-0.25, -0.2) is 4.79 Å². The lowest BCUT2D eigenvalue weighted by molar-refractivity contribution is -0.147. The van der Waals surface area contributed by atoms with E-state index in [1.807, 2.05) is 48.5 Å². The zero-order valence-electron chi connectivity index (χ0n) is 13.6. The number of thiocarbonyl (C=S) groups is 1. The van der Waals surface area contributed by atoms with E-state index < -0.39 is 12.0 Å². The van der Waals surface area contributed by atoms with E-state index in [9.17, 15) is 9.59 Å². The van der Waals surface area contributed by atoms with Gasteiger partial charge < -0.3 is 10.1 Å². The van der Waals surface area contributed by atoms with Crippen LogP contribution in [0, 0.1) is 0 Å². The van der Waals surface area contributed by atoms with Crippen LogP contribution in [-0.2, 0) is 20.9 Å². The second-order valence-electron chi connectivity index (χ2n) is 5.70. The summed E-state index contributed by atoms with van der Waals surface area (Å²) in [6.45, 7) is 0.195. The molecule has 0 bridgehead atoms. The van der Waals surface area contributed by atoms with Gasteiger partial charge in [-0.2, -0.15) is 0 Å². The highest BCUT2D eigenvalue weighted by atomic mass is 32.1. The minimum absolute atomic E-state index is 0.137. The lowest BCUT2D eigenvalue weighted by Gasteiger charge is -2.22. The van der Waals surface area contributed by atoms with Crippen LogP contribution in [0.1, 0.15) is 18.4 Å². The molecule has 3 rings (SSSR count). The van der Waals surface area contributed by atoms with Crippen molar-refractivity contribution >= 4 is 34.9 Å². The quantitative estimate of drug-likeness (QED) is 0.676. The molecular weight excluding hydrogens is 336 g/mol. The van der Waals surface area contributed by atoms with Gasteiger partial charge in [-0.05, 0) is 36.3 Å². The SMILES string of the molecule is O=C(OCc1ccccc1)C1CCC(=O)N(c2ccccc2)C(=S)N1. The van der Waals surface area contributed by atoms with E-state index in [4.69, 9.17) is 17.0 Å². The Morgan fingerprint density at radius 3 is 2.44 bits per heavy atom. The van der Waals surface area contributed by atoms with Crippen molar-refractivity contribution in [2.75, 3.05) is 4.90 Å². The number of rotatable bonds is 4. The van der Waals surface area contributed by atoms with Gasteiger partial charge >= 0.3 is 5.97 Å². The molecule has 2 aromatic rings. The Morgan fingerprint density at radius 1 is 1.12 bits per heavy atom. The van der Waals surface area contributed by atoms with Crippen molar-refractivity contribution < 1.29 is 14.3 Å². The number of nitrogens with one attached hydrogen (secondary N) is 1. The molecule has 1 heterocycles. The minimum atomic E-state index is -0.631. The summed E-state index contributed by atoms with van der Waals surface area (Å²) in [4.78, 5) is 26.2. The molecule has 1 saturated heterocycles. The molecule has 1 aliphatic heterocycles. The molecule has 6 heteroatoms. The molecule has 128 valence electrons. The Labute approximate surface area is 151 Å². The standard InChI is InChI=1S/C19H18N2O3S/c22-17-12-11-16(18(23)24-13-14-7-3-1-4-8-14)20-19(25)21(17)15-9-5-2-6-10-15/h1-10,16H,11-13H2,(H,20,25). The molecule has 0 spiro atoms. The van der Waals surface area contributed by atoms with Crippen molar-refractivity contribution in [2.45, 2.75) is 25.5 Å². The topological polar surface area (TPSA) is 58.6 Å². The van der Waals surface area contributed by atoms with Crippen molar-refractivity contribution in [1.29, 1.82) is 0 Å². The van der Waals surface area contributed by atoms with Crippen LogP contribution < -0.4 is 10.2 Å². The van der Waals surface area contributed by atoms with Gasteiger partial charge in [0.1, 0.15) is 12.6 Å². The van der Waals surface area contributed by atoms with E-state index in [1.54, 1.807) is 12.1 Å². The van der Waals surface area contributed by atoms with Gasteiger partial charge in [0, 0.05) is 6.42 Å². The summed E-state index contributed by atoms with van der Waals surface area (Å²) >= 11 is 5.33. The average molecular weight is 354 g/mol. The van der Waals surface area contributed by atoms with Crippen LogP contribution in [0.25, 0.3) is 0 Å². The Kier molecular flexibility index (Phi) is 5.40. The summed E-state index contributed by atoms with van der Waals surface area (Å²) in [5.74, 6) is -0.545. The number of amides is 1. The van der Waals surface area contributed by atoms with Crippen LogP contribution >= 0.6 is 12.2 Å². The lowest BCUT2D eigenvalue weighted by Crippen LogP contribution is -2.46. The highest BCUT2D eigenvalue weighted by Crippen LogP contribution is 2.19. The normalized spacial score (nSPS) is 17.6. The van der Waals surface area contributed by atoms with Crippen LogP contribution in [-0.4, -0.2) is 23.0 Å². The summed E-state index contributed by atoms with van der Waals surface area (Å²) in [7, 11) is 0. The van der Waals surface area contributed by atoms with Crippen LogP contribution in [0.2, 0.25) is 0 Å². The fourth-order valence-electron chi connectivity index (χ4n) is 2.62. The maximum absolute atomic E-state index is 12.4. The van der Waals surface area contributed by atoms with Crippen LogP contribution in [0.4, 0.5) is 5.69 Å². The van der Waals surface area contributed by atoms with Crippen molar-refractivity contribution in [2.24, 2.45) is 0 Å². The van der Waals surface area contributed by atoms with Gasteiger partial charge in [0.2, 0.25) is 5.91 Å². The number of hydrogen-bond donors (Lipinski definition) is 1. The van der Waals surface area contributed by atoms with Gasteiger partial charge in [-0.15, -0.1) is 0 Å². The molecule has 25 heavy (non-hydrogen) atoms. The first-order chi connectivity index (χ1) is 12.1. The Morgan fingerprint density at radius 2 is 1.76 bits per heavy atom. The zero-order valence-corrected chi connectivity index (χ0v) is 14.4. The third kappa shape index (κ3) is 4.22. The van der Waals surface area contributed by atoms with Crippen LogP contribution in [0.5, 0.6) is 0 Å². The molecular formula is C19H18N2O3S. The average Bonchev–Trinajstić information content (AvgIpc) is 2.79. The maximum Gasteiger partial charge on any atom is 0.328 e. The molecule has 0 radical (unpaired) electrons. The molecule has 1 amide bonds. The molecule has 2 aromatic carbocycles. The van der Waals surface area contributed by atoms with E-state index in [2.05, 4.69) is 5.32 Å². The summed E-state index contributed by atoms with van der Waals surface area (Å²) in [6.07, 6.45) is 0.559. The minimum Gasteiger partial charge on any atom is -0.459 e. The third-order valence-electron chi connectivity index (χ3n) is 3.92. The number of anilines is 1. The lowest BCUT2D eigenvalue weighted by atomic mass is 10.1. The second-order valence-corrected chi connectivity index (χ2v) is 6.09. The number of carbonyl (C=O) groups excluding carboxylic acids is 2. The molecule has 5 nitrogen and oxygen atoms in total. The predicted molar refractivity (Wildman–Crippen MR) is 98.9 cm³/mol. The molecule has 1 N–H and O–H groups in total.